The Morgan fingerprint density at radius 2 is 1.88 bits per heavy atom. The predicted octanol–water partition coefficient (Wildman–Crippen LogP) is 4.82. The first-order chi connectivity index (χ1) is 12.5. The Balaban J connectivity index is 1.75. The molecule has 0 heterocycles. The third kappa shape index (κ3) is 6.10. The largest absolute Gasteiger partial charge is 0.480 e. The highest BCUT2D eigenvalue weighted by Crippen LogP contribution is 2.21. The molecular formula is C22H29NO2S. The first-order valence-electron chi connectivity index (χ1n) is 9.15. The molecule has 2 aromatic carbocycles. The van der Waals surface area contributed by atoms with Crippen LogP contribution >= 0.6 is 11.8 Å². The fourth-order valence-corrected chi connectivity index (χ4v) is 3.66. The van der Waals surface area contributed by atoms with E-state index in [-0.39, 0.29) is 5.91 Å². The number of hydrogen-bond acceptors (Lipinski definition) is 3. The van der Waals surface area contributed by atoms with Gasteiger partial charge in [0, 0.05) is 18.1 Å². The molecule has 0 fully saturated rings. The van der Waals surface area contributed by atoms with Crippen molar-refractivity contribution in [3.63, 3.8) is 0 Å². The summed E-state index contributed by atoms with van der Waals surface area (Å²) in [4.78, 5) is 12.4. The number of nitrogens with one attached hydrogen (secondary N) is 1. The normalized spacial score (nSPS) is 11.8. The van der Waals surface area contributed by atoms with Crippen LogP contribution in [0.3, 0.4) is 0 Å². The smallest absolute Gasteiger partial charge is 0.261 e. The molecule has 0 bridgehead atoms. The molecule has 4 heteroatoms. The predicted molar refractivity (Wildman–Crippen MR) is 111 cm³/mol. The van der Waals surface area contributed by atoms with Gasteiger partial charge in [0.05, 0.1) is 0 Å². The van der Waals surface area contributed by atoms with Gasteiger partial charge < -0.3 is 10.1 Å². The summed E-state index contributed by atoms with van der Waals surface area (Å²) < 4.78 is 5.93. The van der Waals surface area contributed by atoms with Crippen molar-refractivity contribution >= 4 is 17.7 Å². The summed E-state index contributed by atoms with van der Waals surface area (Å²) >= 11 is 1.83. The van der Waals surface area contributed by atoms with E-state index in [1.807, 2.05) is 37.7 Å². The second kappa shape index (κ2) is 10.3. The molecule has 26 heavy (non-hydrogen) atoms. The Kier molecular flexibility index (Phi) is 8.05. The van der Waals surface area contributed by atoms with Crippen LogP contribution < -0.4 is 10.1 Å². The van der Waals surface area contributed by atoms with Crippen molar-refractivity contribution in [2.75, 3.05) is 12.3 Å². The Morgan fingerprint density at radius 1 is 1.12 bits per heavy atom. The van der Waals surface area contributed by atoms with Crippen LogP contribution in [-0.4, -0.2) is 24.3 Å². The van der Waals surface area contributed by atoms with Gasteiger partial charge in [-0.3, -0.25) is 4.79 Å². The highest BCUT2D eigenvalue weighted by Gasteiger charge is 2.18. The SMILES string of the molecule is CC[C@H](Oc1ccc(C)cc1C)C(=O)NCCSCc1ccccc1C. The zero-order chi connectivity index (χ0) is 18.9. The van der Waals surface area contributed by atoms with E-state index in [2.05, 4.69) is 49.5 Å². The Labute approximate surface area is 161 Å². The molecule has 1 amide bonds. The fourth-order valence-electron chi connectivity index (χ4n) is 2.72. The van der Waals surface area contributed by atoms with Crippen molar-refractivity contribution in [3.8, 4) is 5.75 Å². The van der Waals surface area contributed by atoms with Gasteiger partial charge in [-0.1, -0.05) is 48.9 Å². The van der Waals surface area contributed by atoms with Crippen LogP contribution in [0.4, 0.5) is 0 Å². The molecule has 0 aliphatic heterocycles. The van der Waals surface area contributed by atoms with Gasteiger partial charge in [0.2, 0.25) is 0 Å². The average Bonchev–Trinajstić information content (AvgIpc) is 2.62. The molecular weight excluding hydrogens is 342 g/mol. The highest BCUT2D eigenvalue weighted by atomic mass is 32.2. The lowest BCUT2D eigenvalue weighted by atomic mass is 10.1. The van der Waals surface area contributed by atoms with E-state index in [1.54, 1.807) is 0 Å². The zero-order valence-electron chi connectivity index (χ0n) is 16.2. The van der Waals surface area contributed by atoms with Crippen LogP contribution in [0.2, 0.25) is 0 Å². The minimum Gasteiger partial charge on any atom is -0.480 e. The van der Waals surface area contributed by atoms with Crippen LogP contribution in [0.5, 0.6) is 5.75 Å². The molecule has 1 atom stereocenters. The van der Waals surface area contributed by atoms with Gasteiger partial charge in [0.1, 0.15) is 5.75 Å². The van der Waals surface area contributed by atoms with Gasteiger partial charge in [0.25, 0.3) is 5.91 Å². The summed E-state index contributed by atoms with van der Waals surface area (Å²) in [6.07, 6.45) is 0.202. The number of benzene rings is 2. The van der Waals surface area contributed by atoms with Crippen molar-refractivity contribution in [1.29, 1.82) is 0 Å². The second-order valence-electron chi connectivity index (χ2n) is 6.55. The number of rotatable bonds is 9. The Morgan fingerprint density at radius 3 is 2.58 bits per heavy atom. The molecule has 3 nitrogen and oxygen atoms in total. The standard InChI is InChI=1S/C22H29NO2S/c1-5-20(25-21-11-10-16(2)14-18(21)4)22(24)23-12-13-26-15-19-9-7-6-8-17(19)3/h6-11,14,20H,5,12-13,15H2,1-4H3,(H,23,24)/t20-/m0/s1. The molecule has 0 saturated heterocycles. The summed E-state index contributed by atoms with van der Waals surface area (Å²) in [5.41, 5.74) is 4.92. The molecule has 2 aromatic rings. The van der Waals surface area contributed by atoms with Crippen LogP contribution in [0.15, 0.2) is 42.5 Å². The monoisotopic (exact) mass is 371 g/mol. The molecule has 0 aliphatic rings. The van der Waals surface area contributed by atoms with Crippen molar-refractivity contribution < 1.29 is 9.53 Å². The van der Waals surface area contributed by atoms with Crippen molar-refractivity contribution in [2.24, 2.45) is 0 Å². The third-order valence-corrected chi connectivity index (χ3v) is 5.34. The maximum Gasteiger partial charge on any atom is 0.261 e. The lowest BCUT2D eigenvalue weighted by Crippen LogP contribution is -2.39. The van der Waals surface area contributed by atoms with Crippen LogP contribution in [-0.2, 0) is 10.5 Å². The molecule has 140 valence electrons. The van der Waals surface area contributed by atoms with Crippen LogP contribution in [0.1, 0.15) is 35.6 Å². The molecule has 0 radical (unpaired) electrons. The van der Waals surface area contributed by atoms with Gasteiger partial charge >= 0.3 is 0 Å². The van der Waals surface area contributed by atoms with Crippen LogP contribution in [0.25, 0.3) is 0 Å². The summed E-state index contributed by atoms with van der Waals surface area (Å²) in [5, 5.41) is 3.00. The highest BCUT2D eigenvalue weighted by molar-refractivity contribution is 7.98. The Bertz CT molecular complexity index is 730. The lowest BCUT2D eigenvalue weighted by Gasteiger charge is -2.19. The van der Waals surface area contributed by atoms with E-state index in [9.17, 15) is 4.79 Å². The van der Waals surface area contributed by atoms with Gasteiger partial charge in [-0.25, -0.2) is 0 Å². The summed E-state index contributed by atoms with van der Waals surface area (Å²) in [6, 6.07) is 14.4. The van der Waals surface area contributed by atoms with Gasteiger partial charge in [-0.05, 0) is 49.9 Å². The topological polar surface area (TPSA) is 38.3 Å². The molecule has 0 saturated carbocycles. The first kappa shape index (κ1) is 20.4. The maximum absolute atomic E-state index is 12.4. The lowest BCUT2D eigenvalue weighted by molar-refractivity contribution is -0.128. The number of hydrogen-bond donors (Lipinski definition) is 1. The minimum absolute atomic E-state index is 0.0380. The van der Waals surface area contributed by atoms with Crippen molar-refractivity contribution in [1.82, 2.24) is 5.32 Å². The molecule has 1 N–H and O–H groups in total. The molecule has 0 unspecified atom stereocenters. The number of amides is 1. The average molecular weight is 372 g/mol. The quantitative estimate of drug-likeness (QED) is 0.642. The molecule has 2 rings (SSSR count). The molecule has 0 spiro atoms. The number of aryl methyl sites for hydroxylation is 3. The number of ether oxygens (including phenoxy) is 1. The number of carbonyl (C=O) groups excluding carboxylic acids is 1. The van der Waals surface area contributed by atoms with E-state index >= 15 is 0 Å². The van der Waals surface area contributed by atoms with Gasteiger partial charge in [-0.15, -0.1) is 0 Å². The maximum atomic E-state index is 12.4. The van der Waals surface area contributed by atoms with Gasteiger partial charge in [-0.2, -0.15) is 11.8 Å². The van der Waals surface area contributed by atoms with E-state index in [0.717, 1.165) is 22.8 Å². The van der Waals surface area contributed by atoms with E-state index in [1.165, 1.54) is 16.7 Å². The zero-order valence-corrected chi connectivity index (χ0v) is 17.0. The van der Waals surface area contributed by atoms with Crippen molar-refractivity contribution in [2.45, 2.75) is 46.0 Å². The fraction of sp³-hybridized carbons (Fsp3) is 0.409. The van der Waals surface area contributed by atoms with Crippen molar-refractivity contribution in [3.05, 3.63) is 64.7 Å². The third-order valence-electron chi connectivity index (χ3n) is 4.33. The summed E-state index contributed by atoms with van der Waals surface area (Å²) in [7, 11) is 0. The first-order valence-corrected chi connectivity index (χ1v) is 10.3. The van der Waals surface area contributed by atoms with E-state index in [4.69, 9.17) is 4.74 Å². The second-order valence-corrected chi connectivity index (χ2v) is 7.66. The van der Waals surface area contributed by atoms with Crippen LogP contribution in [0, 0.1) is 20.8 Å². The summed E-state index contributed by atoms with van der Waals surface area (Å²) in [5.74, 6) is 2.61. The van der Waals surface area contributed by atoms with E-state index < -0.39 is 6.10 Å². The van der Waals surface area contributed by atoms with Gasteiger partial charge in [0.15, 0.2) is 6.10 Å². The number of carbonyl (C=O) groups is 1. The summed E-state index contributed by atoms with van der Waals surface area (Å²) in [6.45, 7) is 8.82. The molecule has 0 aromatic heterocycles. The minimum atomic E-state index is -0.447. The molecule has 0 aliphatic carbocycles. The Hall–Kier alpha value is -1.94. The number of thioether (sulfide) groups is 1. The van der Waals surface area contributed by atoms with E-state index in [0.29, 0.717) is 13.0 Å².